The molecule has 2 heterocycles. The molecule has 1 aliphatic rings. The number of aryl methyl sites for hydroxylation is 2. The second-order valence-corrected chi connectivity index (χ2v) is 5.14. The number of carbonyl (C=O) groups is 2. The molecule has 0 atom stereocenters. The lowest BCUT2D eigenvalue weighted by Gasteiger charge is -2.30. The summed E-state index contributed by atoms with van der Waals surface area (Å²) in [5.41, 5.74) is 7.18. The van der Waals surface area contributed by atoms with Gasteiger partial charge in [0.25, 0.3) is 0 Å². The van der Waals surface area contributed by atoms with E-state index in [0.717, 1.165) is 11.4 Å². The average molecular weight is 264 g/mol. The van der Waals surface area contributed by atoms with Crippen LogP contribution in [0.2, 0.25) is 0 Å². The minimum absolute atomic E-state index is 0.0501. The van der Waals surface area contributed by atoms with Gasteiger partial charge in [0.15, 0.2) is 0 Å². The number of primary amides is 1. The summed E-state index contributed by atoms with van der Waals surface area (Å²) in [5.74, 6) is -0.294. The molecule has 1 aromatic heterocycles. The quantitative estimate of drug-likeness (QED) is 0.848. The first kappa shape index (κ1) is 13.6. The van der Waals surface area contributed by atoms with Gasteiger partial charge in [-0.1, -0.05) is 0 Å². The van der Waals surface area contributed by atoms with Gasteiger partial charge in [-0.05, 0) is 32.8 Å². The molecule has 6 heteroatoms. The normalized spacial score (nSPS) is 16.6. The summed E-state index contributed by atoms with van der Waals surface area (Å²) in [4.78, 5) is 25.0. The maximum atomic E-state index is 12.2. The lowest BCUT2D eigenvalue weighted by Crippen LogP contribution is -2.43. The molecule has 1 fully saturated rings. The highest BCUT2D eigenvalue weighted by Gasteiger charge is 2.26. The van der Waals surface area contributed by atoms with Gasteiger partial charge in [-0.15, -0.1) is 0 Å². The molecule has 1 saturated heterocycles. The first-order chi connectivity index (χ1) is 8.97. The third-order valence-electron chi connectivity index (χ3n) is 3.64. The largest absolute Gasteiger partial charge is 0.369 e. The van der Waals surface area contributed by atoms with Gasteiger partial charge < -0.3 is 10.6 Å². The molecule has 2 amide bonds. The van der Waals surface area contributed by atoms with E-state index in [0.29, 0.717) is 25.9 Å². The Hall–Kier alpha value is -1.85. The van der Waals surface area contributed by atoms with Crippen molar-refractivity contribution in [2.75, 3.05) is 13.1 Å². The van der Waals surface area contributed by atoms with Crippen LogP contribution in [0.3, 0.4) is 0 Å². The smallest absolute Gasteiger partial charge is 0.244 e. The number of hydrogen-bond donors (Lipinski definition) is 1. The monoisotopic (exact) mass is 264 g/mol. The molecule has 0 spiro atoms. The van der Waals surface area contributed by atoms with Crippen LogP contribution in [-0.2, 0) is 16.1 Å². The highest BCUT2D eigenvalue weighted by molar-refractivity contribution is 5.78. The maximum absolute atomic E-state index is 12.2. The molecule has 0 bridgehead atoms. The van der Waals surface area contributed by atoms with Crippen molar-refractivity contribution in [3.8, 4) is 0 Å². The lowest BCUT2D eigenvalue weighted by atomic mass is 9.96. The SMILES string of the molecule is Cc1cc(C)n(CC(=O)N2CCC(C(N)=O)CC2)n1. The molecule has 6 nitrogen and oxygen atoms in total. The van der Waals surface area contributed by atoms with Crippen LogP contribution < -0.4 is 5.73 Å². The zero-order valence-electron chi connectivity index (χ0n) is 11.4. The molecule has 104 valence electrons. The number of piperidine rings is 1. The summed E-state index contributed by atoms with van der Waals surface area (Å²) in [7, 11) is 0. The summed E-state index contributed by atoms with van der Waals surface area (Å²) in [5, 5.41) is 4.28. The van der Waals surface area contributed by atoms with Crippen LogP contribution in [0, 0.1) is 19.8 Å². The number of likely N-dealkylation sites (tertiary alicyclic amines) is 1. The van der Waals surface area contributed by atoms with Crippen LogP contribution >= 0.6 is 0 Å². The van der Waals surface area contributed by atoms with Crippen molar-refractivity contribution >= 4 is 11.8 Å². The van der Waals surface area contributed by atoms with Gasteiger partial charge in [0.2, 0.25) is 11.8 Å². The number of nitrogens with two attached hydrogens (primary N) is 1. The molecular formula is C13H20N4O2. The topological polar surface area (TPSA) is 81.2 Å². The Morgan fingerprint density at radius 3 is 2.47 bits per heavy atom. The molecule has 0 aliphatic carbocycles. The summed E-state index contributed by atoms with van der Waals surface area (Å²) in [6.07, 6.45) is 1.33. The van der Waals surface area contributed by atoms with Gasteiger partial charge in [-0.3, -0.25) is 14.3 Å². The number of hydrogen-bond acceptors (Lipinski definition) is 3. The first-order valence-electron chi connectivity index (χ1n) is 6.55. The maximum Gasteiger partial charge on any atom is 0.244 e. The van der Waals surface area contributed by atoms with E-state index >= 15 is 0 Å². The van der Waals surface area contributed by atoms with Crippen LogP contribution in [-0.4, -0.2) is 39.6 Å². The highest BCUT2D eigenvalue weighted by atomic mass is 16.2. The molecule has 19 heavy (non-hydrogen) atoms. The minimum Gasteiger partial charge on any atom is -0.369 e. The number of rotatable bonds is 3. The predicted octanol–water partition coefficient (Wildman–Crippen LogP) is 0.224. The molecule has 1 aliphatic heterocycles. The molecular weight excluding hydrogens is 244 g/mol. The summed E-state index contributed by atoms with van der Waals surface area (Å²) in [6.45, 7) is 5.32. The third-order valence-corrected chi connectivity index (χ3v) is 3.64. The van der Waals surface area contributed by atoms with Crippen LogP contribution in [0.1, 0.15) is 24.2 Å². The molecule has 2 N–H and O–H groups in total. The van der Waals surface area contributed by atoms with Crippen molar-refractivity contribution in [2.45, 2.75) is 33.2 Å². The van der Waals surface area contributed by atoms with Gasteiger partial charge in [0.1, 0.15) is 6.54 Å². The molecule has 2 rings (SSSR count). The molecule has 0 saturated carbocycles. The van der Waals surface area contributed by atoms with Crippen LogP contribution in [0.5, 0.6) is 0 Å². The van der Waals surface area contributed by atoms with Crippen LogP contribution in [0.15, 0.2) is 6.07 Å². The minimum atomic E-state index is -0.259. The summed E-state index contributed by atoms with van der Waals surface area (Å²) in [6, 6.07) is 1.95. The van der Waals surface area contributed by atoms with Gasteiger partial charge in [0.05, 0.1) is 5.69 Å². The Morgan fingerprint density at radius 2 is 2.00 bits per heavy atom. The van der Waals surface area contributed by atoms with E-state index in [-0.39, 0.29) is 24.3 Å². The van der Waals surface area contributed by atoms with E-state index < -0.39 is 0 Å². The standard InChI is InChI=1S/C13H20N4O2/c1-9-7-10(2)17(15-9)8-12(18)16-5-3-11(4-6-16)13(14)19/h7,11H,3-6,8H2,1-2H3,(H2,14,19). The van der Waals surface area contributed by atoms with Gasteiger partial charge >= 0.3 is 0 Å². The lowest BCUT2D eigenvalue weighted by molar-refractivity contribution is -0.135. The van der Waals surface area contributed by atoms with E-state index in [9.17, 15) is 9.59 Å². The van der Waals surface area contributed by atoms with Gasteiger partial charge in [-0.25, -0.2) is 0 Å². The van der Waals surface area contributed by atoms with Crippen molar-refractivity contribution in [3.63, 3.8) is 0 Å². The van der Waals surface area contributed by atoms with Crippen molar-refractivity contribution in [3.05, 3.63) is 17.5 Å². The summed E-state index contributed by atoms with van der Waals surface area (Å²) < 4.78 is 1.72. The van der Waals surface area contributed by atoms with E-state index in [1.165, 1.54) is 0 Å². The fourth-order valence-electron chi connectivity index (χ4n) is 2.48. The van der Waals surface area contributed by atoms with E-state index in [1.807, 2.05) is 19.9 Å². The Labute approximate surface area is 112 Å². The van der Waals surface area contributed by atoms with E-state index in [2.05, 4.69) is 5.10 Å². The second kappa shape index (κ2) is 5.42. The predicted molar refractivity (Wildman–Crippen MR) is 70.2 cm³/mol. The number of carbonyl (C=O) groups excluding carboxylic acids is 2. The first-order valence-corrected chi connectivity index (χ1v) is 6.55. The fraction of sp³-hybridized carbons (Fsp3) is 0.615. The van der Waals surface area contributed by atoms with Gasteiger partial charge in [0, 0.05) is 24.7 Å². The Morgan fingerprint density at radius 1 is 1.37 bits per heavy atom. The molecule has 0 radical (unpaired) electrons. The van der Waals surface area contributed by atoms with Crippen molar-refractivity contribution in [1.29, 1.82) is 0 Å². The average Bonchev–Trinajstić information content (AvgIpc) is 2.68. The second-order valence-electron chi connectivity index (χ2n) is 5.14. The van der Waals surface area contributed by atoms with Crippen molar-refractivity contribution in [1.82, 2.24) is 14.7 Å². The molecule has 0 aromatic carbocycles. The third kappa shape index (κ3) is 3.13. The fourth-order valence-corrected chi connectivity index (χ4v) is 2.48. The molecule has 1 aromatic rings. The van der Waals surface area contributed by atoms with Crippen LogP contribution in [0.25, 0.3) is 0 Å². The Kier molecular flexibility index (Phi) is 3.87. The Bertz CT molecular complexity index is 487. The zero-order chi connectivity index (χ0) is 14.0. The zero-order valence-corrected chi connectivity index (χ0v) is 11.4. The van der Waals surface area contributed by atoms with Crippen LogP contribution in [0.4, 0.5) is 0 Å². The summed E-state index contributed by atoms with van der Waals surface area (Å²) >= 11 is 0. The highest BCUT2D eigenvalue weighted by Crippen LogP contribution is 2.17. The molecule has 0 unspecified atom stereocenters. The van der Waals surface area contributed by atoms with E-state index in [1.54, 1.807) is 9.58 Å². The number of amides is 2. The Balaban J connectivity index is 1.91. The van der Waals surface area contributed by atoms with Crippen molar-refractivity contribution in [2.24, 2.45) is 11.7 Å². The van der Waals surface area contributed by atoms with Gasteiger partial charge in [-0.2, -0.15) is 5.10 Å². The number of nitrogens with zero attached hydrogens (tertiary/aromatic N) is 3. The number of aromatic nitrogens is 2. The van der Waals surface area contributed by atoms with E-state index in [4.69, 9.17) is 5.73 Å². The van der Waals surface area contributed by atoms with Crippen molar-refractivity contribution < 1.29 is 9.59 Å².